The van der Waals surface area contributed by atoms with E-state index >= 15 is 0 Å². The van der Waals surface area contributed by atoms with Crippen molar-refractivity contribution in [1.29, 1.82) is 5.26 Å². The summed E-state index contributed by atoms with van der Waals surface area (Å²) >= 11 is 3.09. The van der Waals surface area contributed by atoms with Crippen molar-refractivity contribution in [3.05, 3.63) is 40.2 Å². The third-order valence-corrected chi connectivity index (χ3v) is 5.32. The first kappa shape index (κ1) is 13.2. The predicted octanol–water partition coefficient (Wildman–Crippen LogP) is 3.69. The summed E-state index contributed by atoms with van der Waals surface area (Å²) in [6.45, 7) is 2.54. The van der Waals surface area contributed by atoms with Gasteiger partial charge in [-0.05, 0) is 13.0 Å². The highest BCUT2D eigenvalue weighted by Crippen LogP contribution is 2.39. The molecule has 0 aliphatic carbocycles. The van der Waals surface area contributed by atoms with Gasteiger partial charge in [0.2, 0.25) is 5.91 Å². The second-order valence-electron chi connectivity index (χ2n) is 4.36. The Balaban J connectivity index is 2.20. The van der Waals surface area contributed by atoms with Gasteiger partial charge in [0.15, 0.2) is 0 Å². The third-order valence-electron chi connectivity index (χ3n) is 3.27. The highest BCUT2D eigenvalue weighted by Gasteiger charge is 2.29. The first-order valence-electron chi connectivity index (χ1n) is 6.30. The number of hydrogen-bond acceptors (Lipinski definition) is 4. The lowest BCUT2D eigenvalue weighted by Gasteiger charge is -2.15. The molecule has 3 rings (SSSR count). The molecule has 1 aliphatic rings. The molecule has 0 unspecified atom stereocenters. The van der Waals surface area contributed by atoms with Crippen LogP contribution >= 0.6 is 23.1 Å². The molecule has 1 aromatic heterocycles. The summed E-state index contributed by atoms with van der Waals surface area (Å²) < 4.78 is 1.16. The van der Waals surface area contributed by atoms with E-state index in [-0.39, 0.29) is 5.91 Å². The van der Waals surface area contributed by atoms with Crippen molar-refractivity contribution in [1.82, 2.24) is 4.90 Å². The van der Waals surface area contributed by atoms with Crippen molar-refractivity contribution in [3.63, 3.8) is 0 Å². The summed E-state index contributed by atoms with van der Waals surface area (Å²) in [6, 6.07) is 10.3. The normalized spacial score (nSPS) is 17.6. The molecule has 3 nitrogen and oxygen atoms in total. The second kappa shape index (κ2) is 5.31. The van der Waals surface area contributed by atoms with Crippen LogP contribution in [0.3, 0.4) is 0 Å². The van der Waals surface area contributed by atoms with Gasteiger partial charge < -0.3 is 4.90 Å². The lowest BCUT2D eigenvalue weighted by molar-refractivity contribution is -0.125. The maximum atomic E-state index is 11.8. The van der Waals surface area contributed by atoms with Gasteiger partial charge >= 0.3 is 0 Å². The Hall–Kier alpha value is -1.77. The van der Waals surface area contributed by atoms with Gasteiger partial charge in [-0.3, -0.25) is 4.79 Å². The number of hydrogen-bond donors (Lipinski definition) is 0. The van der Waals surface area contributed by atoms with E-state index in [1.165, 1.54) is 11.8 Å². The summed E-state index contributed by atoms with van der Waals surface area (Å²) in [7, 11) is 0. The first-order valence-corrected chi connectivity index (χ1v) is 8.17. The molecule has 0 spiro atoms. The van der Waals surface area contributed by atoms with Gasteiger partial charge in [0.25, 0.3) is 0 Å². The summed E-state index contributed by atoms with van der Waals surface area (Å²) in [6.07, 6.45) is 0. The number of thiophene rings is 1. The van der Waals surface area contributed by atoms with Crippen molar-refractivity contribution < 1.29 is 4.79 Å². The van der Waals surface area contributed by atoms with Crippen LogP contribution in [0.25, 0.3) is 15.7 Å². The molecular formula is C15H12N2OS2. The number of fused-ring (bicyclic) bond motifs is 1. The number of amides is 1. The number of nitriles is 1. The van der Waals surface area contributed by atoms with E-state index < -0.39 is 0 Å². The molecule has 2 aromatic rings. The number of benzene rings is 1. The van der Waals surface area contributed by atoms with Crippen LogP contribution in [-0.2, 0) is 4.79 Å². The van der Waals surface area contributed by atoms with Gasteiger partial charge in [0.05, 0.1) is 16.4 Å². The zero-order chi connectivity index (χ0) is 14.1. The van der Waals surface area contributed by atoms with E-state index in [0.29, 0.717) is 17.9 Å². The fraction of sp³-hybridized carbons (Fsp3) is 0.200. The average molecular weight is 300 g/mol. The van der Waals surface area contributed by atoms with Crippen LogP contribution in [0.4, 0.5) is 0 Å². The Morgan fingerprint density at radius 3 is 3.00 bits per heavy atom. The number of carbonyl (C=O) groups is 1. The smallest absolute Gasteiger partial charge is 0.237 e. The summed E-state index contributed by atoms with van der Waals surface area (Å²) in [5.41, 5.74) is 1.55. The number of thioether (sulfide) groups is 1. The molecular weight excluding hydrogens is 288 g/mol. The molecule has 0 bridgehead atoms. The van der Waals surface area contributed by atoms with Crippen molar-refractivity contribution in [2.75, 3.05) is 12.3 Å². The van der Waals surface area contributed by atoms with Crippen LogP contribution in [0.15, 0.2) is 34.7 Å². The molecule has 2 heterocycles. The highest BCUT2D eigenvalue weighted by molar-refractivity contribution is 8.04. The first-order chi connectivity index (χ1) is 9.76. The maximum absolute atomic E-state index is 11.8. The number of allylic oxidation sites excluding steroid dienone is 1. The zero-order valence-corrected chi connectivity index (χ0v) is 12.6. The standard InChI is InChI=1S/C15H12N2OS2/c1-2-17-14(18)9-20-15(17)11(7-16)12-8-19-13-6-4-3-5-10(12)13/h3-6,8H,2,9H2,1H3/b15-11-. The van der Waals surface area contributed by atoms with Crippen molar-refractivity contribution in [2.24, 2.45) is 0 Å². The highest BCUT2D eigenvalue weighted by atomic mass is 32.2. The van der Waals surface area contributed by atoms with E-state index in [1.807, 2.05) is 36.6 Å². The lowest BCUT2D eigenvalue weighted by atomic mass is 10.1. The SMILES string of the molecule is CCN1C(=O)CS/C1=C(/C#N)c1csc2ccccc12. The molecule has 1 saturated heterocycles. The lowest BCUT2D eigenvalue weighted by Crippen LogP contribution is -2.24. The zero-order valence-electron chi connectivity index (χ0n) is 10.9. The minimum atomic E-state index is 0.0831. The van der Waals surface area contributed by atoms with Crippen LogP contribution in [0.1, 0.15) is 12.5 Å². The van der Waals surface area contributed by atoms with E-state index in [0.717, 1.165) is 20.7 Å². The number of nitrogens with zero attached hydrogens (tertiary/aromatic N) is 2. The van der Waals surface area contributed by atoms with Crippen LogP contribution < -0.4 is 0 Å². The van der Waals surface area contributed by atoms with E-state index in [1.54, 1.807) is 16.2 Å². The van der Waals surface area contributed by atoms with Gasteiger partial charge in [-0.15, -0.1) is 11.3 Å². The van der Waals surface area contributed by atoms with Gasteiger partial charge in [-0.2, -0.15) is 5.26 Å². The Kier molecular flexibility index (Phi) is 3.51. The fourth-order valence-electron chi connectivity index (χ4n) is 2.32. The summed E-state index contributed by atoms with van der Waals surface area (Å²) in [4.78, 5) is 13.5. The fourth-order valence-corrected chi connectivity index (χ4v) is 4.38. The quantitative estimate of drug-likeness (QED) is 0.795. The van der Waals surface area contributed by atoms with Crippen molar-refractivity contribution in [3.8, 4) is 6.07 Å². The average Bonchev–Trinajstić information content (AvgIpc) is 3.05. The van der Waals surface area contributed by atoms with Gasteiger partial charge in [-0.25, -0.2) is 0 Å². The maximum Gasteiger partial charge on any atom is 0.237 e. The molecule has 20 heavy (non-hydrogen) atoms. The Morgan fingerprint density at radius 2 is 2.25 bits per heavy atom. The molecule has 0 N–H and O–H groups in total. The van der Waals surface area contributed by atoms with Gasteiger partial charge in [0, 0.05) is 27.6 Å². The van der Waals surface area contributed by atoms with E-state index in [9.17, 15) is 10.1 Å². The van der Waals surface area contributed by atoms with E-state index in [4.69, 9.17) is 0 Å². The van der Waals surface area contributed by atoms with Crippen LogP contribution in [0, 0.1) is 11.3 Å². The van der Waals surface area contributed by atoms with E-state index in [2.05, 4.69) is 6.07 Å². The Bertz CT molecular complexity index is 755. The molecule has 1 fully saturated rings. The molecule has 1 amide bonds. The molecule has 0 saturated carbocycles. The molecule has 100 valence electrons. The van der Waals surface area contributed by atoms with Crippen LogP contribution in [-0.4, -0.2) is 23.1 Å². The largest absolute Gasteiger partial charge is 0.305 e. The van der Waals surface area contributed by atoms with Crippen LogP contribution in [0.2, 0.25) is 0 Å². The molecule has 5 heteroatoms. The van der Waals surface area contributed by atoms with Gasteiger partial charge in [0.1, 0.15) is 6.07 Å². The minimum absolute atomic E-state index is 0.0831. The monoisotopic (exact) mass is 300 g/mol. The van der Waals surface area contributed by atoms with Crippen molar-refractivity contribution >= 4 is 44.7 Å². The minimum Gasteiger partial charge on any atom is -0.305 e. The van der Waals surface area contributed by atoms with Crippen molar-refractivity contribution in [2.45, 2.75) is 6.92 Å². The molecule has 0 radical (unpaired) electrons. The Morgan fingerprint density at radius 1 is 1.45 bits per heavy atom. The topological polar surface area (TPSA) is 44.1 Å². The second-order valence-corrected chi connectivity index (χ2v) is 6.24. The molecule has 1 aliphatic heterocycles. The number of rotatable bonds is 2. The number of carbonyl (C=O) groups excluding carboxylic acids is 1. The third kappa shape index (κ3) is 2.01. The summed E-state index contributed by atoms with van der Waals surface area (Å²) in [5.74, 6) is 0.510. The predicted molar refractivity (Wildman–Crippen MR) is 84.2 cm³/mol. The molecule has 0 atom stereocenters. The Labute approximate surface area is 125 Å². The van der Waals surface area contributed by atoms with Crippen LogP contribution in [0.5, 0.6) is 0 Å². The molecule has 1 aromatic carbocycles. The summed E-state index contributed by atoms with van der Waals surface area (Å²) in [5, 5.41) is 13.4. The van der Waals surface area contributed by atoms with Gasteiger partial charge in [-0.1, -0.05) is 30.0 Å².